The normalized spacial score (nSPS) is 14.0. The summed E-state index contributed by atoms with van der Waals surface area (Å²) in [7, 11) is 1.60. The molecule has 1 aliphatic heterocycles. The number of hydrogen-bond donors (Lipinski definition) is 1. The van der Waals surface area contributed by atoms with Crippen molar-refractivity contribution in [2.75, 3.05) is 13.2 Å². The van der Waals surface area contributed by atoms with E-state index in [1.165, 1.54) is 4.68 Å². The molecule has 2 heterocycles. The molecular formula is C23H25N3O4. The molecule has 7 nitrogen and oxygen atoms in total. The van der Waals surface area contributed by atoms with Crippen molar-refractivity contribution in [1.82, 2.24) is 15.1 Å². The highest BCUT2D eigenvalue weighted by Crippen LogP contribution is 2.34. The van der Waals surface area contributed by atoms with Gasteiger partial charge in [0.2, 0.25) is 5.91 Å². The van der Waals surface area contributed by atoms with Crippen LogP contribution in [0.25, 0.3) is 10.8 Å². The number of ether oxygens (including phenoxy) is 2. The second kappa shape index (κ2) is 8.18. The van der Waals surface area contributed by atoms with Gasteiger partial charge in [0.05, 0.1) is 23.5 Å². The van der Waals surface area contributed by atoms with E-state index in [-0.39, 0.29) is 29.8 Å². The van der Waals surface area contributed by atoms with E-state index in [9.17, 15) is 9.59 Å². The van der Waals surface area contributed by atoms with Crippen LogP contribution in [0.2, 0.25) is 0 Å². The van der Waals surface area contributed by atoms with E-state index in [1.807, 2.05) is 36.4 Å². The smallest absolute Gasteiger partial charge is 0.274 e. The number of amides is 1. The maximum atomic E-state index is 12.9. The summed E-state index contributed by atoms with van der Waals surface area (Å²) in [6, 6.07) is 12.8. The second-order valence-electron chi connectivity index (χ2n) is 7.79. The Hall–Kier alpha value is -3.35. The van der Waals surface area contributed by atoms with E-state index in [1.54, 1.807) is 13.1 Å². The summed E-state index contributed by atoms with van der Waals surface area (Å²) in [4.78, 5) is 25.2. The Balaban J connectivity index is 1.59. The fourth-order valence-corrected chi connectivity index (χ4v) is 3.77. The minimum absolute atomic E-state index is 0.0857. The molecule has 0 radical (unpaired) electrons. The molecule has 1 aliphatic rings. The van der Waals surface area contributed by atoms with Crippen molar-refractivity contribution in [3.63, 3.8) is 0 Å². The highest BCUT2D eigenvalue weighted by molar-refractivity contribution is 5.88. The van der Waals surface area contributed by atoms with Crippen molar-refractivity contribution in [3.05, 3.63) is 64.1 Å². The van der Waals surface area contributed by atoms with Crippen LogP contribution in [-0.4, -0.2) is 28.9 Å². The quantitative estimate of drug-likeness (QED) is 0.703. The van der Waals surface area contributed by atoms with Crippen molar-refractivity contribution >= 4 is 16.7 Å². The monoisotopic (exact) mass is 407 g/mol. The van der Waals surface area contributed by atoms with Gasteiger partial charge in [-0.15, -0.1) is 0 Å². The van der Waals surface area contributed by atoms with Crippen LogP contribution in [0.15, 0.2) is 47.3 Å². The molecule has 0 spiro atoms. The summed E-state index contributed by atoms with van der Waals surface area (Å²) in [6.07, 6.45) is 0.0857. The van der Waals surface area contributed by atoms with Crippen LogP contribution in [0.5, 0.6) is 11.5 Å². The number of aromatic nitrogens is 2. The lowest BCUT2D eigenvalue weighted by atomic mass is 9.95. The summed E-state index contributed by atoms with van der Waals surface area (Å²) in [5.74, 6) is 1.44. The second-order valence-corrected chi connectivity index (χ2v) is 7.79. The van der Waals surface area contributed by atoms with Gasteiger partial charge in [0.15, 0.2) is 11.5 Å². The molecule has 30 heavy (non-hydrogen) atoms. The van der Waals surface area contributed by atoms with Crippen LogP contribution in [0, 0.1) is 5.92 Å². The van der Waals surface area contributed by atoms with Crippen molar-refractivity contribution < 1.29 is 14.3 Å². The molecule has 2 aromatic carbocycles. The van der Waals surface area contributed by atoms with E-state index in [4.69, 9.17) is 9.47 Å². The van der Waals surface area contributed by atoms with Crippen molar-refractivity contribution in [3.8, 4) is 11.5 Å². The van der Waals surface area contributed by atoms with Gasteiger partial charge < -0.3 is 14.8 Å². The molecule has 0 bridgehead atoms. The fourth-order valence-electron chi connectivity index (χ4n) is 3.77. The first-order valence-electron chi connectivity index (χ1n) is 10.1. The summed E-state index contributed by atoms with van der Waals surface area (Å²) in [6.45, 7) is 5.17. The van der Waals surface area contributed by atoms with E-state index in [2.05, 4.69) is 24.3 Å². The number of carbonyl (C=O) groups is 1. The molecule has 1 amide bonds. The Labute approximate surface area is 174 Å². The summed E-state index contributed by atoms with van der Waals surface area (Å²) in [5, 5.41) is 8.72. The number of carbonyl (C=O) groups excluding carboxylic acids is 1. The lowest BCUT2D eigenvalue weighted by molar-refractivity contribution is -0.121. The molecule has 1 aromatic heterocycles. The highest BCUT2D eigenvalue weighted by Gasteiger charge is 2.22. The molecule has 1 N–H and O–H groups in total. The molecule has 0 unspecified atom stereocenters. The number of nitrogens with zero attached hydrogens (tertiary/aromatic N) is 2. The Morgan fingerprint density at radius 3 is 2.53 bits per heavy atom. The molecule has 0 saturated carbocycles. The number of nitrogens with one attached hydrogen (secondary N) is 1. The predicted molar refractivity (Wildman–Crippen MR) is 114 cm³/mol. The maximum absolute atomic E-state index is 12.9. The van der Waals surface area contributed by atoms with E-state index in [0.29, 0.717) is 35.4 Å². The Morgan fingerprint density at radius 1 is 1.10 bits per heavy atom. The first-order valence-corrected chi connectivity index (χ1v) is 10.1. The first kappa shape index (κ1) is 19.9. The van der Waals surface area contributed by atoms with E-state index >= 15 is 0 Å². The van der Waals surface area contributed by atoms with Gasteiger partial charge in [0.25, 0.3) is 5.56 Å². The lowest BCUT2D eigenvalue weighted by Gasteiger charge is -2.25. The number of fused-ring (bicyclic) bond motifs is 2. The minimum Gasteiger partial charge on any atom is -0.486 e. The van der Waals surface area contributed by atoms with Gasteiger partial charge in [0, 0.05) is 12.4 Å². The van der Waals surface area contributed by atoms with E-state index in [0.717, 1.165) is 11.3 Å². The molecule has 3 aromatic rings. The largest absolute Gasteiger partial charge is 0.486 e. The predicted octanol–water partition coefficient (Wildman–Crippen LogP) is 2.76. The number of rotatable bonds is 5. The van der Waals surface area contributed by atoms with Crippen LogP contribution in [-0.2, 0) is 18.3 Å². The highest BCUT2D eigenvalue weighted by atomic mass is 16.6. The SMILES string of the molecule is CC(C)[C@@H](NC(=O)Cc1nn(C)c(=O)c2ccccc12)c1ccc2c(c1)OCCO2. The molecular weight excluding hydrogens is 382 g/mol. The molecule has 0 aliphatic carbocycles. The van der Waals surface area contributed by atoms with Crippen molar-refractivity contribution in [2.24, 2.45) is 13.0 Å². The van der Waals surface area contributed by atoms with Crippen LogP contribution >= 0.6 is 0 Å². The fraction of sp³-hybridized carbons (Fsp3) is 0.348. The third kappa shape index (κ3) is 3.87. The van der Waals surface area contributed by atoms with Gasteiger partial charge in [-0.25, -0.2) is 4.68 Å². The average Bonchev–Trinajstić information content (AvgIpc) is 2.75. The number of aryl methyl sites for hydroxylation is 1. The van der Waals surface area contributed by atoms with Crippen LogP contribution in [0.3, 0.4) is 0 Å². The Bertz CT molecular complexity index is 1150. The van der Waals surface area contributed by atoms with Crippen LogP contribution < -0.4 is 20.3 Å². The standard InChI is InChI=1S/C23H25N3O4/c1-14(2)22(15-8-9-19-20(12-15)30-11-10-29-19)24-21(27)13-18-16-6-4-5-7-17(16)23(28)26(3)25-18/h4-9,12,14,22H,10-11,13H2,1-3H3,(H,24,27)/t22-/m1/s1. The topological polar surface area (TPSA) is 82.5 Å². The molecule has 0 fully saturated rings. The molecule has 1 atom stereocenters. The Kier molecular flexibility index (Phi) is 5.44. The zero-order chi connectivity index (χ0) is 21.3. The Morgan fingerprint density at radius 2 is 1.80 bits per heavy atom. The minimum atomic E-state index is -0.188. The molecule has 4 rings (SSSR count). The molecule has 156 valence electrons. The van der Waals surface area contributed by atoms with Gasteiger partial charge in [-0.1, -0.05) is 38.1 Å². The van der Waals surface area contributed by atoms with E-state index < -0.39 is 0 Å². The maximum Gasteiger partial charge on any atom is 0.274 e. The van der Waals surface area contributed by atoms with Crippen molar-refractivity contribution in [1.29, 1.82) is 0 Å². The lowest BCUT2D eigenvalue weighted by Crippen LogP contribution is -2.34. The zero-order valence-electron chi connectivity index (χ0n) is 17.3. The first-order chi connectivity index (χ1) is 14.4. The third-order valence-corrected chi connectivity index (χ3v) is 5.27. The molecule has 0 saturated heterocycles. The number of hydrogen-bond acceptors (Lipinski definition) is 5. The van der Waals surface area contributed by atoms with Gasteiger partial charge in [-0.2, -0.15) is 5.10 Å². The zero-order valence-corrected chi connectivity index (χ0v) is 17.3. The van der Waals surface area contributed by atoms with Crippen LogP contribution in [0.1, 0.15) is 31.1 Å². The van der Waals surface area contributed by atoms with Gasteiger partial charge in [-0.3, -0.25) is 9.59 Å². The molecule has 7 heteroatoms. The summed E-state index contributed by atoms with van der Waals surface area (Å²) in [5.41, 5.74) is 1.36. The van der Waals surface area contributed by atoms with Crippen LogP contribution in [0.4, 0.5) is 0 Å². The number of benzene rings is 2. The van der Waals surface area contributed by atoms with Gasteiger partial charge in [0.1, 0.15) is 13.2 Å². The average molecular weight is 407 g/mol. The summed E-state index contributed by atoms with van der Waals surface area (Å²) >= 11 is 0. The van der Waals surface area contributed by atoms with Crippen molar-refractivity contribution in [2.45, 2.75) is 26.3 Å². The third-order valence-electron chi connectivity index (χ3n) is 5.27. The van der Waals surface area contributed by atoms with Gasteiger partial charge in [-0.05, 0) is 29.7 Å². The summed E-state index contributed by atoms with van der Waals surface area (Å²) < 4.78 is 12.6. The van der Waals surface area contributed by atoms with Gasteiger partial charge >= 0.3 is 0 Å².